The molecule has 1 aromatic carbocycles. The molecule has 0 aliphatic heterocycles. The second kappa shape index (κ2) is 8.70. The van der Waals surface area contributed by atoms with E-state index in [1.54, 1.807) is 55.0 Å². The molecule has 5 aromatic rings. The molecular weight excluding hydrogens is 435 g/mol. The molecule has 9 heteroatoms. The van der Waals surface area contributed by atoms with Crippen LogP contribution < -0.4 is 16.4 Å². The van der Waals surface area contributed by atoms with Crippen LogP contribution in [0.3, 0.4) is 0 Å². The standard InChI is InChI=1S/C25H19FN6O2/c26-18-8-6-16(7-9-18)15-32-22(27)19(24(33)29-14-17-4-3-10-28-13-17)12-20-23(32)30-21-5-1-2-11-31(21)25(20)34/h1-13,27H,14-15H2,(H,29,33). The van der Waals surface area contributed by atoms with Crippen molar-refractivity contribution in [3.05, 3.63) is 118 Å². The maximum atomic E-state index is 13.4. The average Bonchev–Trinajstić information content (AvgIpc) is 2.86. The summed E-state index contributed by atoms with van der Waals surface area (Å²) in [4.78, 5) is 35.0. The van der Waals surface area contributed by atoms with Crippen molar-refractivity contribution in [2.75, 3.05) is 0 Å². The average molecular weight is 454 g/mol. The fourth-order valence-corrected chi connectivity index (χ4v) is 3.77. The number of aromatic nitrogens is 4. The SMILES string of the molecule is N=c1c(C(=O)NCc2cccnc2)cc2c(=O)n3ccccc3nc2n1Cc1ccc(F)cc1. The first-order valence-electron chi connectivity index (χ1n) is 10.5. The number of nitrogens with one attached hydrogen (secondary N) is 2. The van der Waals surface area contributed by atoms with Gasteiger partial charge in [-0.2, -0.15) is 0 Å². The highest BCUT2D eigenvalue weighted by Crippen LogP contribution is 2.13. The number of nitrogens with zero attached hydrogens (tertiary/aromatic N) is 4. The van der Waals surface area contributed by atoms with E-state index in [9.17, 15) is 14.0 Å². The van der Waals surface area contributed by atoms with Crippen molar-refractivity contribution < 1.29 is 9.18 Å². The lowest BCUT2D eigenvalue weighted by molar-refractivity contribution is 0.0948. The fraction of sp³-hybridized carbons (Fsp3) is 0.0800. The van der Waals surface area contributed by atoms with Gasteiger partial charge in [0.2, 0.25) is 0 Å². The first-order valence-corrected chi connectivity index (χ1v) is 10.5. The maximum absolute atomic E-state index is 13.4. The van der Waals surface area contributed by atoms with E-state index in [1.165, 1.54) is 27.2 Å². The maximum Gasteiger partial charge on any atom is 0.267 e. The van der Waals surface area contributed by atoms with E-state index in [-0.39, 0.29) is 46.6 Å². The number of rotatable bonds is 5. The third-order valence-corrected chi connectivity index (χ3v) is 5.49. The number of hydrogen-bond acceptors (Lipinski definition) is 5. The summed E-state index contributed by atoms with van der Waals surface area (Å²) in [6, 6.07) is 16.0. The van der Waals surface area contributed by atoms with Gasteiger partial charge >= 0.3 is 0 Å². The zero-order chi connectivity index (χ0) is 23.7. The molecule has 2 N–H and O–H groups in total. The van der Waals surface area contributed by atoms with Crippen molar-refractivity contribution in [3.63, 3.8) is 0 Å². The Kier molecular flexibility index (Phi) is 5.43. The third kappa shape index (κ3) is 3.95. The molecule has 0 fully saturated rings. The van der Waals surface area contributed by atoms with E-state index in [1.807, 2.05) is 6.07 Å². The molecule has 1 amide bonds. The van der Waals surface area contributed by atoms with Gasteiger partial charge in [-0.15, -0.1) is 0 Å². The molecule has 0 saturated heterocycles. The Hall–Kier alpha value is -4.66. The number of pyridine rings is 3. The van der Waals surface area contributed by atoms with Crippen molar-refractivity contribution in [2.24, 2.45) is 0 Å². The lowest BCUT2D eigenvalue weighted by Crippen LogP contribution is -2.35. The Labute approximate surface area is 192 Å². The van der Waals surface area contributed by atoms with Gasteiger partial charge in [-0.3, -0.25) is 24.4 Å². The minimum atomic E-state index is -0.499. The molecule has 34 heavy (non-hydrogen) atoms. The molecule has 0 aliphatic rings. The van der Waals surface area contributed by atoms with Crippen LogP contribution in [-0.4, -0.2) is 24.8 Å². The lowest BCUT2D eigenvalue weighted by atomic mass is 10.1. The van der Waals surface area contributed by atoms with Gasteiger partial charge in [0, 0.05) is 25.1 Å². The molecule has 0 saturated carbocycles. The summed E-state index contributed by atoms with van der Waals surface area (Å²) in [5.74, 6) is -0.878. The Morgan fingerprint density at radius 3 is 2.65 bits per heavy atom. The molecule has 5 rings (SSSR count). The third-order valence-electron chi connectivity index (χ3n) is 5.49. The van der Waals surface area contributed by atoms with Crippen LogP contribution in [0.15, 0.2) is 84.0 Å². The largest absolute Gasteiger partial charge is 0.348 e. The van der Waals surface area contributed by atoms with Crippen LogP contribution >= 0.6 is 0 Å². The highest BCUT2D eigenvalue weighted by atomic mass is 19.1. The highest BCUT2D eigenvalue weighted by Gasteiger charge is 2.18. The van der Waals surface area contributed by atoms with Crippen LogP contribution in [0.4, 0.5) is 4.39 Å². The number of fused-ring (bicyclic) bond motifs is 2. The molecule has 4 heterocycles. The van der Waals surface area contributed by atoms with Gasteiger partial charge in [0.1, 0.15) is 22.6 Å². The number of amides is 1. The molecular formula is C25H19FN6O2. The molecule has 4 aromatic heterocycles. The molecule has 0 spiro atoms. The van der Waals surface area contributed by atoms with Gasteiger partial charge in [0.05, 0.1) is 17.5 Å². The number of carbonyl (C=O) groups excluding carboxylic acids is 1. The van der Waals surface area contributed by atoms with Gasteiger partial charge in [-0.25, -0.2) is 9.37 Å². The van der Waals surface area contributed by atoms with Crippen LogP contribution in [0.1, 0.15) is 21.5 Å². The van der Waals surface area contributed by atoms with E-state index < -0.39 is 5.91 Å². The molecule has 0 aliphatic carbocycles. The Morgan fingerprint density at radius 1 is 1.06 bits per heavy atom. The second-order valence-electron chi connectivity index (χ2n) is 7.75. The molecule has 0 radical (unpaired) electrons. The highest BCUT2D eigenvalue weighted by molar-refractivity contribution is 5.96. The monoisotopic (exact) mass is 454 g/mol. The minimum absolute atomic E-state index is 0.0354. The molecule has 168 valence electrons. The summed E-state index contributed by atoms with van der Waals surface area (Å²) >= 11 is 0. The fourth-order valence-electron chi connectivity index (χ4n) is 3.77. The summed E-state index contributed by atoms with van der Waals surface area (Å²) in [7, 11) is 0. The second-order valence-corrected chi connectivity index (χ2v) is 7.75. The van der Waals surface area contributed by atoms with Crippen LogP contribution in [0.2, 0.25) is 0 Å². The van der Waals surface area contributed by atoms with E-state index in [0.717, 1.165) is 5.56 Å². The predicted octanol–water partition coefficient (Wildman–Crippen LogP) is 2.64. The number of carbonyl (C=O) groups is 1. The van der Waals surface area contributed by atoms with E-state index in [2.05, 4.69) is 15.3 Å². The lowest BCUT2D eigenvalue weighted by Gasteiger charge is -2.15. The van der Waals surface area contributed by atoms with Crippen LogP contribution in [-0.2, 0) is 13.1 Å². The van der Waals surface area contributed by atoms with E-state index >= 15 is 0 Å². The van der Waals surface area contributed by atoms with E-state index in [4.69, 9.17) is 5.41 Å². The Balaban J connectivity index is 1.67. The molecule has 0 atom stereocenters. The normalized spacial score (nSPS) is 11.1. The summed E-state index contributed by atoms with van der Waals surface area (Å²) in [6.45, 7) is 0.353. The summed E-state index contributed by atoms with van der Waals surface area (Å²) in [5, 5.41) is 11.8. The predicted molar refractivity (Wildman–Crippen MR) is 124 cm³/mol. The van der Waals surface area contributed by atoms with Crippen LogP contribution in [0.5, 0.6) is 0 Å². The molecule has 0 unspecified atom stereocenters. The van der Waals surface area contributed by atoms with Gasteiger partial charge in [0.25, 0.3) is 11.5 Å². The zero-order valence-corrected chi connectivity index (χ0v) is 17.9. The van der Waals surface area contributed by atoms with Crippen molar-refractivity contribution in [1.82, 2.24) is 24.3 Å². The molecule has 8 nitrogen and oxygen atoms in total. The van der Waals surface area contributed by atoms with Crippen molar-refractivity contribution >= 4 is 22.6 Å². The van der Waals surface area contributed by atoms with Gasteiger partial charge < -0.3 is 9.88 Å². The molecule has 0 bridgehead atoms. The Morgan fingerprint density at radius 2 is 1.88 bits per heavy atom. The number of hydrogen-bond donors (Lipinski definition) is 2. The summed E-state index contributed by atoms with van der Waals surface area (Å²) in [5.41, 5.74) is 1.77. The number of benzene rings is 1. The van der Waals surface area contributed by atoms with Gasteiger partial charge in [-0.1, -0.05) is 24.3 Å². The first kappa shape index (κ1) is 21.2. The minimum Gasteiger partial charge on any atom is -0.348 e. The summed E-state index contributed by atoms with van der Waals surface area (Å²) < 4.78 is 16.3. The smallest absolute Gasteiger partial charge is 0.267 e. The van der Waals surface area contributed by atoms with Crippen LogP contribution in [0.25, 0.3) is 16.7 Å². The quantitative estimate of drug-likeness (QED) is 0.398. The van der Waals surface area contributed by atoms with Crippen LogP contribution in [0, 0.1) is 11.2 Å². The Bertz CT molecular complexity index is 1640. The van der Waals surface area contributed by atoms with Crippen molar-refractivity contribution in [1.29, 1.82) is 5.41 Å². The zero-order valence-electron chi connectivity index (χ0n) is 17.9. The topological polar surface area (TPSA) is 105 Å². The number of halogens is 1. The van der Waals surface area contributed by atoms with E-state index in [0.29, 0.717) is 11.2 Å². The van der Waals surface area contributed by atoms with Gasteiger partial charge in [-0.05, 0) is 47.5 Å². The van der Waals surface area contributed by atoms with Gasteiger partial charge in [0.15, 0.2) is 0 Å². The summed E-state index contributed by atoms with van der Waals surface area (Å²) in [6.07, 6.45) is 4.88. The first-order chi connectivity index (χ1) is 16.5. The van der Waals surface area contributed by atoms with Crippen molar-refractivity contribution in [2.45, 2.75) is 13.1 Å². The van der Waals surface area contributed by atoms with Crippen molar-refractivity contribution in [3.8, 4) is 0 Å².